The SMILES string of the molecule is CN(CCCC(=O)O)C(=O)C1CC1c1ccccc1C(F)(F)F. The van der Waals surface area contributed by atoms with E-state index in [2.05, 4.69) is 0 Å². The highest BCUT2D eigenvalue weighted by Gasteiger charge is 2.48. The van der Waals surface area contributed by atoms with Gasteiger partial charge in [0.15, 0.2) is 0 Å². The fourth-order valence-electron chi connectivity index (χ4n) is 2.75. The van der Waals surface area contributed by atoms with Gasteiger partial charge in [-0.3, -0.25) is 9.59 Å². The maximum atomic E-state index is 13.0. The number of rotatable bonds is 6. The molecule has 0 saturated heterocycles. The van der Waals surface area contributed by atoms with E-state index in [0.717, 1.165) is 6.07 Å². The Balaban J connectivity index is 2.00. The van der Waals surface area contributed by atoms with E-state index in [0.29, 0.717) is 12.8 Å². The molecule has 23 heavy (non-hydrogen) atoms. The van der Waals surface area contributed by atoms with Crippen LogP contribution in [0.2, 0.25) is 0 Å². The van der Waals surface area contributed by atoms with Crippen molar-refractivity contribution >= 4 is 11.9 Å². The third kappa shape index (κ3) is 4.24. The van der Waals surface area contributed by atoms with Crippen LogP contribution in [0.1, 0.15) is 36.3 Å². The van der Waals surface area contributed by atoms with Crippen LogP contribution in [0.15, 0.2) is 24.3 Å². The van der Waals surface area contributed by atoms with Gasteiger partial charge in [0.2, 0.25) is 5.91 Å². The van der Waals surface area contributed by atoms with Crippen molar-refractivity contribution in [1.82, 2.24) is 4.90 Å². The molecular weight excluding hydrogens is 311 g/mol. The minimum atomic E-state index is -4.43. The summed E-state index contributed by atoms with van der Waals surface area (Å²) >= 11 is 0. The van der Waals surface area contributed by atoms with Crippen molar-refractivity contribution in [3.05, 3.63) is 35.4 Å². The number of carboxylic acid groups (broad SMARTS) is 1. The molecule has 1 amide bonds. The Morgan fingerprint density at radius 1 is 1.30 bits per heavy atom. The number of amides is 1. The van der Waals surface area contributed by atoms with Crippen LogP contribution in [0.25, 0.3) is 0 Å². The van der Waals surface area contributed by atoms with Crippen molar-refractivity contribution in [2.24, 2.45) is 5.92 Å². The lowest BCUT2D eigenvalue weighted by atomic mass is 10.0. The third-order valence-corrected chi connectivity index (χ3v) is 4.03. The van der Waals surface area contributed by atoms with Gasteiger partial charge in [0, 0.05) is 25.9 Å². The van der Waals surface area contributed by atoms with Gasteiger partial charge in [-0.2, -0.15) is 13.2 Å². The van der Waals surface area contributed by atoms with Gasteiger partial charge in [0.05, 0.1) is 5.56 Å². The lowest BCUT2D eigenvalue weighted by molar-refractivity contribution is -0.138. The lowest BCUT2D eigenvalue weighted by Crippen LogP contribution is -2.29. The van der Waals surface area contributed by atoms with E-state index in [4.69, 9.17) is 5.11 Å². The molecule has 0 spiro atoms. The minimum absolute atomic E-state index is 0.0391. The van der Waals surface area contributed by atoms with Crippen LogP contribution in [0, 0.1) is 5.92 Å². The molecule has 1 saturated carbocycles. The molecule has 126 valence electrons. The van der Waals surface area contributed by atoms with E-state index in [1.54, 1.807) is 13.1 Å². The zero-order chi connectivity index (χ0) is 17.2. The average molecular weight is 329 g/mol. The molecule has 2 unspecified atom stereocenters. The zero-order valence-corrected chi connectivity index (χ0v) is 12.6. The quantitative estimate of drug-likeness (QED) is 0.872. The molecule has 0 radical (unpaired) electrons. The van der Waals surface area contributed by atoms with E-state index in [1.807, 2.05) is 0 Å². The molecule has 1 N–H and O–H groups in total. The van der Waals surface area contributed by atoms with Gasteiger partial charge in [0.1, 0.15) is 0 Å². The van der Waals surface area contributed by atoms with Crippen molar-refractivity contribution in [2.75, 3.05) is 13.6 Å². The fraction of sp³-hybridized carbons (Fsp3) is 0.500. The minimum Gasteiger partial charge on any atom is -0.481 e. The summed E-state index contributed by atoms with van der Waals surface area (Å²) < 4.78 is 39.0. The molecule has 1 aromatic carbocycles. The highest BCUT2D eigenvalue weighted by Crippen LogP contribution is 2.51. The molecule has 1 fully saturated rings. The fourth-order valence-corrected chi connectivity index (χ4v) is 2.75. The van der Waals surface area contributed by atoms with Crippen LogP contribution in [0.4, 0.5) is 13.2 Å². The third-order valence-electron chi connectivity index (χ3n) is 4.03. The second-order valence-corrected chi connectivity index (χ2v) is 5.79. The topological polar surface area (TPSA) is 57.6 Å². The van der Waals surface area contributed by atoms with Crippen molar-refractivity contribution < 1.29 is 27.9 Å². The number of aliphatic carboxylic acids is 1. The second kappa shape index (κ2) is 6.60. The number of alkyl halides is 3. The van der Waals surface area contributed by atoms with Gasteiger partial charge in [0.25, 0.3) is 0 Å². The predicted octanol–water partition coefficient (Wildman–Crippen LogP) is 3.13. The van der Waals surface area contributed by atoms with Crippen LogP contribution >= 0.6 is 0 Å². The number of hydrogen-bond donors (Lipinski definition) is 1. The molecule has 0 aliphatic heterocycles. The predicted molar refractivity (Wildman–Crippen MR) is 76.8 cm³/mol. The summed E-state index contributed by atoms with van der Waals surface area (Å²) in [6, 6.07) is 5.33. The van der Waals surface area contributed by atoms with Crippen LogP contribution < -0.4 is 0 Å². The first-order valence-electron chi connectivity index (χ1n) is 7.34. The Morgan fingerprint density at radius 3 is 2.57 bits per heavy atom. The van der Waals surface area contributed by atoms with E-state index < -0.39 is 29.5 Å². The molecule has 1 aliphatic carbocycles. The van der Waals surface area contributed by atoms with Crippen LogP contribution in [0.5, 0.6) is 0 Å². The summed E-state index contributed by atoms with van der Waals surface area (Å²) in [6.07, 6.45) is -3.74. The molecule has 1 aliphatic rings. The summed E-state index contributed by atoms with van der Waals surface area (Å²) in [6.45, 7) is 0.287. The Kier molecular flexibility index (Phi) is 4.97. The zero-order valence-electron chi connectivity index (χ0n) is 12.6. The number of nitrogens with zero attached hydrogens (tertiary/aromatic N) is 1. The van der Waals surface area contributed by atoms with Gasteiger partial charge >= 0.3 is 12.1 Å². The first-order valence-corrected chi connectivity index (χ1v) is 7.34. The van der Waals surface area contributed by atoms with Gasteiger partial charge in [-0.1, -0.05) is 18.2 Å². The van der Waals surface area contributed by atoms with Crippen molar-refractivity contribution in [2.45, 2.75) is 31.4 Å². The summed E-state index contributed by atoms with van der Waals surface area (Å²) in [5.74, 6) is -2.03. The molecule has 0 bridgehead atoms. The van der Waals surface area contributed by atoms with Gasteiger partial charge in [-0.15, -0.1) is 0 Å². The first kappa shape index (κ1) is 17.3. The molecule has 2 atom stereocenters. The van der Waals surface area contributed by atoms with Crippen molar-refractivity contribution in [3.8, 4) is 0 Å². The second-order valence-electron chi connectivity index (χ2n) is 5.79. The van der Waals surface area contributed by atoms with Crippen LogP contribution in [0.3, 0.4) is 0 Å². The Morgan fingerprint density at radius 2 is 1.96 bits per heavy atom. The summed E-state index contributed by atoms with van der Waals surface area (Å²) in [5.41, 5.74) is -0.522. The summed E-state index contributed by atoms with van der Waals surface area (Å²) in [7, 11) is 1.55. The molecule has 4 nitrogen and oxygen atoms in total. The van der Waals surface area contributed by atoms with E-state index in [9.17, 15) is 22.8 Å². The molecule has 0 aromatic heterocycles. The average Bonchev–Trinajstić information content (AvgIpc) is 3.25. The smallest absolute Gasteiger partial charge is 0.416 e. The summed E-state index contributed by atoms with van der Waals surface area (Å²) in [4.78, 5) is 24.1. The highest BCUT2D eigenvalue weighted by atomic mass is 19.4. The largest absolute Gasteiger partial charge is 0.481 e. The van der Waals surface area contributed by atoms with Crippen LogP contribution in [-0.2, 0) is 15.8 Å². The Bertz CT molecular complexity index is 600. The molecule has 2 rings (SSSR count). The maximum absolute atomic E-state index is 13.0. The number of carbonyl (C=O) groups excluding carboxylic acids is 1. The number of benzene rings is 1. The monoisotopic (exact) mass is 329 g/mol. The van der Waals surface area contributed by atoms with Gasteiger partial charge in [-0.05, 0) is 30.4 Å². The molecule has 0 heterocycles. The Labute approximate surface area is 131 Å². The van der Waals surface area contributed by atoms with Crippen molar-refractivity contribution in [3.63, 3.8) is 0 Å². The number of carbonyl (C=O) groups is 2. The molecule has 1 aromatic rings. The van der Waals surface area contributed by atoms with E-state index >= 15 is 0 Å². The maximum Gasteiger partial charge on any atom is 0.416 e. The van der Waals surface area contributed by atoms with Crippen LogP contribution in [-0.4, -0.2) is 35.5 Å². The first-order chi connectivity index (χ1) is 10.7. The molecule has 7 heteroatoms. The van der Waals surface area contributed by atoms with Gasteiger partial charge < -0.3 is 10.0 Å². The highest BCUT2D eigenvalue weighted by molar-refractivity contribution is 5.83. The van der Waals surface area contributed by atoms with E-state index in [-0.39, 0.29) is 24.4 Å². The Hall–Kier alpha value is -2.05. The normalized spacial score (nSPS) is 20.2. The van der Waals surface area contributed by atoms with Crippen molar-refractivity contribution in [1.29, 1.82) is 0 Å². The molecular formula is C16H18F3NO3. The standard InChI is InChI=1S/C16H18F3NO3/c1-20(8-4-7-14(21)22)15(23)12-9-11(12)10-5-2-3-6-13(10)16(17,18)19/h2-3,5-6,11-12H,4,7-9H2,1H3,(H,21,22). The number of carboxylic acids is 1. The number of halogens is 3. The lowest BCUT2D eigenvalue weighted by Gasteiger charge is -2.17. The van der Waals surface area contributed by atoms with Gasteiger partial charge in [-0.25, -0.2) is 0 Å². The number of hydrogen-bond acceptors (Lipinski definition) is 2. The van der Waals surface area contributed by atoms with E-state index in [1.165, 1.54) is 17.0 Å². The summed E-state index contributed by atoms with van der Waals surface area (Å²) in [5, 5.41) is 8.57.